The summed E-state index contributed by atoms with van der Waals surface area (Å²) < 4.78 is 67.2. The minimum Gasteiger partial charge on any atom is -0.364 e. The molecule has 11 heteroatoms. The Morgan fingerprint density at radius 2 is 1.61 bits per heavy atom. The van der Waals surface area contributed by atoms with E-state index in [0.29, 0.717) is 40.5 Å². The van der Waals surface area contributed by atoms with Crippen molar-refractivity contribution in [1.29, 1.82) is 0 Å². The lowest BCUT2D eigenvalue weighted by atomic mass is 9.88. The zero-order chi connectivity index (χ0) is 26.1. The zero-order valence-electron chi connectivity index (χ0n) is 18.8. The molecule has 0 saturated carbocycles. The molecule has 2 atom stereocenters. The maximum Gasteiger partial charge on any atom is 0.416 e. The Morgan fingerprint density at radius 1 is 0.917 bits per heavy atom. The highest BCUT2D eigenvalue weighted by atomic mass is 35.5. The van der Waals surface area contributed by atoms with Gasteiger partial charge in [0.2, 0.25) is 10.0 Å². The summed E-state index contributed by atoms with van der Waals surface area (Å²) in [5, 5.41) is 1.65. The lowest BCUT2D eigenvalue weighted by Gasteiger charge is -2.42. The molecule has 1 aliphatic rings. The number of benzene rings is 3. The number of nitrogens with one attached hydrogen (secondary N) is 1. The van der Waals surface area contributed by atoms with E-state index in [4.69, 9.17) is 34.8 Å². The number of rotatable bonds is 6. The first-order valence-electron chi connectivity index (χ1n) is 11.1. The predicted molar refractivity (Wildman–Crippen MR) is 137 cm³/mol. The van der Waals surface area contributed by atoms with Crippen LogP contribution in [0.25, 0.3) is 0 Å². The summed E-state index contributed by atoms with van der Waals surface area (Å²) in [6, 6.07) is 16.3. The molecule has 1 heterocycles. The Bertz CT molecular complexity index is 1340. The van der Waals surface area contributed by atoms with Gasteiger partial charge < -0.3 is 4.90 Å². The van der Waals surface area contributed by atoms with Gasteiger partial charge in [0.1, 0.15) is 0 Å². The summed E-state index contributed by atoms with van der Waals surface area (Å²) in [5.41, 5.74) is 0.777. The van der Waals surface area contributed by atoms with Crippen LogP contribution in [0.3, 0.4) is 0 Å². The van der Waals surface area contributed by atoms with Crippen molar-refractivity contribution in [1.82, 2.24) is 4.72 Å². The standard InChI is InChI=1S/C25H22Cl3F3N2O2S/c26-18-5-8-20(9-6-18)33-15-16(4-11-24(33)22-10-7-19(27)13-23(22)28)14-32-36(34,35)21-3-1-2-17(12-21)25(29,30)31/h1-3,5-10,12-13,16,24,32H,4,11,14-15H2. The van der Waals surface area contributed by atoms with E-state index in [0.717, 1.165) is 29.4 Å². The van der Waals surface area contributed by atoms with Crippen molar-refractivity contribution in [2.45, 2.75) is 30.0 Å². The lowest BCUT2D eigenvalue weighted by Crippen LogP contribution is -2.42. The molecule has 1 fully saturated rings. The van der Waals surface area contributed by atoms with Crippen molar-refractivity contribution in [3.8, 4) is 0 Å². The third kappa shape index (κ3) is 6.29. The summed E-state index contributed by atoms with van der Waals surface area (Å²) >= 11 is 18.7. The molecular formula is C25H22Cl3F3N2O2S. The second-order valence-corrected chi connectivity index (χ2v) is 11.7. The number of nitrogens with zero attached hydrogens (tertiary/aromatic N) is 1. The van der Waals surface area contributed by atoms with Crippen LogP contribution < -0.4 is 9.62 Å². The highest BCUT2D eigenvalue weighted by Gasteiger charge is 2.33. The number of sulfonamides is 1. The van der Waals surface area contributed by atoms with E-state index in [9.17, 15) is 21.6 Å². The monoisotopic (exact) mass is 576 g/mol. The molecule has 4 nitrogen and oxygen atoms in total. The average molecular weight is 578 g/mol. The fraction of sp³-hybridized carbons (Fsp3) is 0.280. The van der Waals surface area contributed by atoms with E-state index in [1.807, 2.05) is 18.2 Å². The first kappa shape index (κ1) is 27.1. The van der Waals surface area contributed by atoms with E-state index in [1.54, 1.807) is 24.3 Å². The molecule has 1 aliphatic heterocycles. The molecule has 0 radical (unpaired) electrons. The van der Waals surface area contributed by atoms with E-state index in [-0.39, 0.29) is 18.5 Å². The topological polar surface area (TPSA) is 49.4 Å². The molecule has 0 spiro atoms. The molecule has 0 bridgehead atoms. The highest BCUT2D eigenvalue weighted by Crippen LogP contribution is 2.40. The Kier molecular flexibility index (Phi) is 8.12. The molecule has 0 aromatic heterocycles. The first-order valence-corrected chi connectivity index (χ1v) is 13.7. The quantitative estimate of drug-likeness (QED) is 0.328. The Balaban J connectivity index is 1.54. The molecule has 4 rings (SSSR count). The van der Waals surface area contributed by atoms with Crippen molar-refractivity contribution in [2.24, 2.45) is 5.92 Å². The van der Waals surface area contributed by atoms with Crippen molar-refractivity contribution < 1.29 is 21.6 Å². The van der Waals surface area contributed by atoms with Gasteiger partial charge in [0.05, 0.1) is 16.5 Å². The van der Waals surface area contributed by atoms with Crippen LogP contribution >= 0.6 is 34.8 Å². The minimum absolute atomic E-state index is 0.0732. The molecule has 3 aromatic carbocycles. The van der Waals surface area contributed by atoms with Crippen molar-refractivity contribution in [2.75, 3.05) is 18.0 Å². The fourth-order valence-corrected chi connectivity index (χ4v) is 6.20. The van der Waals surface area contributed by atoms with Crippen molar-refractivity contribution >= 4 is 50.5 Å². The van der Waals surface area contributed by atoms with Gasteiger partial charge in [-0.25, -0.2) is 13.1 Å². The van der Waals surface area contributed by atoms with Crippen molar-refractivity contribution in [3.63, 3.8) is 0 Å². The average Bonchev–Trinajstić information content (AvgIpc) is 2.83. The SMILES string of the molecule is O=S(=O)(NCC1CCC(c2ccc(Cl)cc2Cl)N(c2ccc(Cl)cc2)C1)c1cccc(C(F)(F)F)c1. The van der Waals surface area contributed by atoms with E-state index >= 15 is 0 Å². The Hall–Kier alpha value is -1.97. The molecule has 36 heavy (non-hydrogen) atoms. The van der Waals surface area contributed by atoms with Gasteiger partial charge in [-0.3, -0.25) is 0 Å². The van der Waals surface area contributed by atoms with Gasteiger partial charge in [-0.2, -0.15) is 13.2 Å². The molecule has 1 saturated heterocycles. The van der Waals surface area contributed by atoms with Crippen LogP contribution in [0.5, 0.6) is 0 Å². The molecule has 0 aliphatic carbocycles. The molecule has 192 valence electrons. The van der Waals surface area contributed by atoms with Crippen LogP contribution in [-0.4, -0.2) is 21.5 Å². The van der Waals surface area contributed by atoms with Crippen LogP contribution in [0.2, 0.25) is 15.1 Å². The van der Waals surface area contributed by atoms with Gasteiger partial charge in [0, 0.05) is 33.8 Å². The highest BCUT2D eigenvalue weighted by molar-refractivity contribution is 7.89. The van der Waals surface area contributed by atoms with E-state index in [2.05, 4.69) is 9.62 Å². The van der Waals surface area contributed by atoms with E-state index < -0.39 is 26.7 Å². The number of hydrogen-bond donors (Lipinski definition) is 1. The van der Waals surface area contributed by atoms with Gasteiger partial charge >= 0.3 is 6.18 Å². The summed E-state index contributed by atoms with van der Waals surface area (Å²) in [7, 11) is -4.13. The summed E-state index contributed by atoms with van der Waals surface area (Å²) in [4.78, 5) is 1.71. The van der Waals surface area contributed by atoms with Crippen LogP contribution in [0.4, 0.5) is 18.9 Å². The number of alkyl halides is 3. The summed E-state index contributed by atoms with van der Waals surface area (Å²) in [5.74, 6) is -0.0939. The number of halogens is 6. The molecule has 0 amide bonds. The van der Waals surface area contributed by atoms with Gasteiger partial charge in [-0.1, -0.05) is 46.9 Å². The number of piperidine rings is 1. The maximum absolute atomic E-state index is 13.0. The molecular weight excluding hydrogens is 556 g/mol. The third-order valence-corrected chi connectivity index (χ3v) is 8.43. The first-order chi connectivity index (χ1) is 16.9. The summed E-state index contributed by atoms with van der Waals surface area (Å²) in [6.07, 6.45) is -3.27. The largest absolute Gasteiger partial charge is 0.416 e. The Morgan fingerprint density at radius 3 is 2.28 bits per heavy atom. The second-order valence-electron chi connectivity index (χ2n) is 8.63. The third-order valence-electron chi connectivity index (χ3n) is 6.19. The summed E-state index contributed by atoms with van der Waals surface area (Å²) in [6.45, 7) is 0.570. The van der Waals surface area contributed by atoms with Gasteiger partial charge in [-0.05, 0) is 78.9 Å². The molecule has 1 N–H and O–H groups in total. The fourth-order valence-electron chi connectivity index (χ4n) is 4.38. The minimum atomic E-state index is -4.63. The van der Waals surface area contributed by atoms with Crippen LogP contribution in [-0.2, 0) is 16.2 Å². The van der Waals surface area contributed by atoms with Crippen LogP contribution in [0.1, 0.15) is 30.0 Å². The lowest BCUT2D eigenvalue weighted by molar-refractivity contribution is -0.137. The van der Waals surface area contributed by atoms with Gasteiger partial charge in [0.15, 0.2) is 0 Å². The van der Waals surface area contributed by atoms with Crippen LogP contribution in [0, 0.1) is 5.92 Å². The van der Waals surface area contributed by atoms with Gasteiger partial charge in [0.25, 0.3) is 0 Å². The predicted octanol–water partition coefficient (Wildman–Crippen LogP) is 7.60. The molecule has 2 unspecified atom stereocenters. The molecule has 3 aromatic rings. The second kappa shape index (κ2) is 10.8. The van der Waals surface area contributed by atoms with E-state index in [1.165, 1.54) is 0 Å². The number of anilines is 1. The number of hydrogen-bond acceptors (Lipinski definition) is 3. The van der Waals surface area contributed by atoms with Crippen LogP contribution in [0.15, 0.2) is 71.6 Å². The smallest absolute Gasteiger partial charge is 0.364 e. The zero-order valence-corrected chi connectivity index (χ0v) is 21.9. The maximum atomic E-state index is 13.0. The normalized spacial score (nSPS) is 18.9. The Labute approximate surface area is 223 Å². The van der Waals surface area contributed by atoms with Crippen molar-refractivity contribution in [3.05, 3.63) is 92.9 Å². The van der Waals surface area contributed by atoms with Gasteiger partial charge in [-0.15, -0.1) is 0 Å².